The summed E-state index contributed by atoms with van der Waals surface area (Å²) in [6.07, 6.45) is 8.51. The van der Waals surface area contributed by atoms with Gasteiger partial charge in [0.15, 0.2) is 0 Å². The van der Waals surface area contributed by atoms with Crippen molar-refractivity contribution in [2.75, 3.05) is 32.5 Å². The summed E-state index contributed by atoms with van der Waals surface area (Å²) in [5, 5.41) is 11.4. The maximum Gasteiger partial charge on any atom is 0.203 e. The first-order valence-corrected chi connectivity index (χ1v) is 13.9. The molecule has 7 nitrogen and oxygen atoms in total. The molecular formula is C31H38N6O. The van der Waals surface area contributed by atoms with E-state index in [-0.39, 0.29) is 11.5 Å². The van der Waals surface area contributed by atoms with Gasteiger partial charge in [0, 0.05) is 25.1 Å². The first-order valence-electron chi connectivity index (χ1n) is 13.9. The summed E-state index contributed by atoms with van der Waals surface area (Å²) >= 11 is 0. The number of aromatic amines is 1. The second-order valence-corrected chi connectivity index (χ2v) is 11.2. The van der Waals surface area contributed by atoms with Crippen molar-refractivity contribution in [1.29, 1.82) is 0 Å². The molecule has 3 fully saturated rings. The first-order chi connectivity index (χ1) is 18.6. The summed E-state index contributed by atoms with van der Waals surface area (Å²) in [7, 11) is 1.81. The van der Waals surface area contributed by atoms with Gasteiger partial charge < -0.3 is 10.5 Å². The van der Waals surface area contributed by atoms with E-state index < -0.39 is 0 Å². The van der Waals surface area contributed by atoms with E-state index in [9.17, 15) is 0 Å². The van der Waals surface area contributed by atoms with Crippen molar-refractivity contribution < 1.29 is 4.74 Å². The highest BCUT2D eigenvalue weighted by molar-refractivity contribution is 5.77. The number of hydrogen-bond acceptors (Lipinski definition) is 6. The summed E-state index contributed by atoms with van der Waals surface area (Å²) in [4.78, 5) is 7.14. The largest absolute Gasteiger partial charge is 0.384 e. The summed E-state index contributed by atoms with van der Waals surface area (Å²) in [5.41, 5.74) is 12.1. The van der Waals surface area contributed by atoms with E-state index in [0.29, 0.717) is 16.9 Å². The number of aromatic nitrogens is 4. The normalized spacial score (nSPS) is 23.7. The fourth-order valence-corrected chi connectivity index (χ4v) is 7.27. The number of nitrogens with two attached hydrogens (primary N) is 1. The van der Waals surface area contributed by atoms with Crippen molar-refractivity contribution in [3.8, 4) is 0 Å². The molecule has 0 saturated heterocycles. The van der Waals surface area contributed by atoms with Crippen LogP contribution in [0.4, 0.5) is 5.82 Å². The molecule has 1 unspecified atom stereocenters. The van der Waals surface area contributed by atoms with Crippen LogP contribution in [0.5, 0.6) is 0 Å². The Kier molecular flexibility index (Phi) is 6.89. The minimum Gasteiger partial charge on any atom is -0.384 e. The number of nitrogen functional groups attached to an aromatic ring is 1. The van der Waals surface area contributed by atoms with Crippen LogP contribution < -0.4 is 5.73 Å². The lowest BCUT2D eigenvalue weighted by atomic mass is 9.54. The molecule has 2 bridgehead atoms. The average Bonchev–Trinajstić information content (AvgIpc) is 3.45. The topological polar surface area (TPSA) is 93.0 Å². The van der Waals surface area contributed by atoms with Gasteiger partial charge in [0.25, 0.3) is 0 Å². The third-order valence-electron chi connectivity index (χ3n) is 9.44. The highest BCUT2D eigenvalue weighted by atomic mass is 16.5. The Hall–Kier alpha value is -3.29. The van der Waals surface area contributed by atoms with Crippen LogP contribution in [0.3, 0.4) is 0 Å². The molecule has 4 aromatic rings. The van der Waals surface area contributed by atoms with E-state index in [1.54, 1.807) is 0 Å². The molecule has 2 aromatic carbocycles. The van der Waals surface area contributed by atoms with Crippen molar-refractivity contribution in [2.24, 2.45) is 0 Å². The number of anilines is 1. The van der Waals surface area contributed by atoms with Gasteiger partial charge in [-0.05, 0) is 79.7 Å². The molecule has 2 aromatic heterocycles. The minimum atomic E-state index is 0.145. The van der Waals surface area contributed by atoms with E-state index >= 15 is 0 Å². The number of benzene rings is 2. The number of methoxy groups -OCH3 is 1. The van der Waals surface area contributed by atoms with E-state index in [2.05, 4.69) is 86.0 Å². The molecule has 2 heterocycles. The van der Waals surface area contributed by atoms with Gasteiger partial charge in [0.1, 0.15) is 11.3 Å². The van der Waals surface area contributed by atoms with E-state index in [0.717, 1.165) is 37.2 Å². The smallest absolute Gasteiger partial charge is 0.203 e. The molecule has 3 aliphatic rings. The molecule has 3 N–H and O–H groups in total. The number of ether oxygens (including phenoxy) is 1. The number of nitrogens with zero attached hydrogens (tertiary/aromatic N) is 4. The summed E-state index contributed by atoms with van der Waals surface area (Å²) in [5.74, 6) is 0.625. The molecular weight excluding hydrogens is 472 g/mol. The third kappa shape index (κ3) is 4.58. The Balaban J connectivity index is 1.27. The van der Waals surface area contributed by atoms with Crippen LogP contribution in [0.15, 0.2) is 66.7 Å². The van der Waals surface area contributed by atoms with Gasteiger partial charge in [-0.15, -0.1) is 5.10 Å². The number of rotatable bonds is 10. The number of pyridine rings is 1. The van der Waals surface area contributed by atoms with Gasteiger partial charge >= 0.3 is 0 Å². The number of nitrogens with one attached hydrogen (secondary N) is 1. The van der Waals surface area contributed by atoms with Gasteiger partial charge in [-0.1, -0.05) is 60.7 Å². The Morgan fingerprint density at radius 3 is 2.29 bits per heavy atom. The lowest BCUT2D eigenvalue weighted by Gasteiger charge is -2.58. The molecule has 198 valence electrons. The highest BCUT2D eigenvalue weighted by Gasteiger charge is 2.51. The van der Waals surface area contributed by atoms with Crippen LogP contribution in [-0.2, 0) is 10.2 Å². The van der Waals surface area contributed by atoms with Crippen molar-refractivity contribution in [2.45, 2.75) is 61.8 Å². The predicted octanol–water partition coefficient (Wildman–Crippen LogP) is 5.45. The molecule has 1 atom stereocenters. The molecule has 0 radical (unpaired) electrons. The fourth-order valence-electron chi connectivity index (χ4n) is 7.27. The second kappa shape index (κ2) is 10.5. The zero-order valence-electron chi connectivity index (χ0n) is 22.3. The van der Waals surface area contributed by atoms with Gasteiger partial charge in [-0.25, -0.2) is 4.98 Å². The van der Waals surface area contributed by atoms with Crippen LogP contribution in [-0.4, -0.2) is 57.6 Å². The van der Waals surface area contributed by atoms with Crippen LogP contribution in [0.25, 0.3) is 11.2 Å². The van der Waals surface area contributed by atoms with Crippen molar-refractivity contribution in [3.05, 3.63) is 83.4 Å². The molecule has 0 amide bonds. The van der Waals surface area contributed by atoms with Crippen molar-refractivity contribution in [1.82, 2.24) is 25.3 Å². The maximum atomic E-state index is 6.23. The third-order valence-corrected chi connectivity index (χ3v) is 9.44. The number of hydrogen-bond donors (Lipinski definition) is 2. The lowest BCUT2D eigenvalue weighted by molar-refractivity contribution is -0.0358. The first kappa shape index (κ1) is 25.0. The second-order valence-electron chi connectivity index (χ2n) is 11.2. The highest BCUT2D eigenvalue weighted by Crippen LogP contribution is 2.55. The predicted molar refractivity (Wildman–Crippen MR) is 151 cm³/mol. The number of H-pyrrole nitrogens is 1. The fraction of sp³-hybridized carbons (Fsp3) is 0.452. The van der Waals surface area contributed by atoms with Crippen molar-refractivity contribution in [3.63, 3.8) is 0 Å². The molecule has 7 rings (SSSR count). The Morgan fingerprint density at radius 2 is 1.61 bits per heavy atom. The lowest BCUT2D eigenvalue weighted by Crippen LogP contribution is -2.58. The number of fused-ring (bicyclic) bond motifs is 4. The van der Waals surface area contributed by atoms with Gasteiger partial charge in [0.05, 0.1) is 6.61 Å². The maximum absolute atomic E-state index is 6.23. The summed E-state index contributed by atoms with van der Waals surface area (Å²) < 4.78 is 5.60. The minimum absolute atomic E-state index is 0.145. The SMILES string of the molecule is COCCN(CCC(c1ccccc1)c1cc(N)nc2n[nH]nc12)C12CCC(c3ccccc3)(CC1)CC2. The molecule has 0 spiro atoms. The standard InChI is InChI=1S/C31H38N6O/c1-38-21-20-37(31-16-13-30(14-17-31,15-18-31)24-10-6-3-7-11-24)19-12-25(23-8-4-2-5-9-23)26-22-27(32)33-29-28(26)34-36-35-29/h2-11,22,25H,12-21H2,1H3,(H3,32,33,34,35,36). The Labute approximate surface area is 224 Å². The Bertz CT molecular complexity index is 1330. The Morgan fingerprint density at radius 1 is 0.921 bits per heavy atom. The molecule has 0 aliphatic heterocycles. The monoisotopic (exact) mass is 510 g/mol. The molecule has 3 saturated carbocycles. The van der Waals surface area contributed by atoms with Crippen LogP contribution in [0.1, 0.15) is 67.6 Å². The summed E-state index contributed by atoms with van der Waals surface area (Å²) in [6, 6.07) is 23.9. The van der Waals surface area contributed by atoms with E-state index in [1.807, 2.05) is 13.2 Å². The zero-order chi connectivity index (χ0) is 26.0. The summed E-state index contributed by atoms with van der Waals surface area (Å²) in [6.45, 7) is 2.69. The van der Waals surface area contributed by atoms with Crippen LogP contribution in [0, 0.1) is 0 Å². The average molecular weight is 511 g/mol. The zero-order valence-corrected chi connectivity index (χ0v) is 22.3. The quantitative estimate of drug-likeness (QED) is 0.295. The van der Waals surface area contributed by atoms with Crippen LogP contribution in [0.2, 0.25) is 0 Å². The van der Waals surface area contributed by atoms with Crippen LogP contribution >= 0.6 is 0 Å². The van der Waals surface area contributed by atoms with Gasteiger partial charge in [-0.3, -0.25) is 4.90 Å². The molecule has 7 heteroatoms. The molecule has 3 aliphatic carbocycles. The van der Waals surface area contributed by atoms with Gasteiger partial charge in [-0.2, -0.15) is 10.3 Å². The van der Waals surface area contributed by atoms with Crippen molar-refractivity contribution >= 4 is 17.0 Å². The van der Waals surface area contributed by atoms with E-state index in [1.165, 1.54) is 49.7 Å². The van der Waals surface area contributed by atoms with E-state index in [4.69, 9.17) is 10.5 Å². The van der Waals surface area contributed by atoms with Gasteiger partial charge in [0.2, 0.25) is 5.65 Å². The molecule has 38 heavy (non-hydrogen) atoms.